The van der Waals surface area contributed by atoms with Crippen LogP contribution in [0.15, 0.2) is 54.6 Å². The highest BCUT2D eigenvalue weighted by molar-refractivity contribution is 6.01. The number of aliphatic hydroxyl groups is 2. The number of hydrogen-bond donors (Lipinski definition) is 3. The quantitative estimate of drug-likeness (QED) is 0.505. The number of rotatable bonds is 8. The monoisotopic (exact) mass is 411 g/mol. The van der Waals surface area contributed by atoms with Crippen molar-refractivity contribution in [1.82, 2.24) is 4.57 Å². The van der Waals surface area contributed by atoms with E-state index in [-0.39, 0.29) is 18.3 Å². The molecule has 0 aliphatic rings. The molecule has 2 atom stereocenters. The minimum atomic E-state index is -1.15. The van der Waals surface area contributed by atoms with E-state index in [1.165, 1.54) is 12.1 Å². The highest BCUT2D eigenvalue weighted by atomic mass is 19.1. The third-order valence-electron chi connectivity index (χ3n) is 5.01. The van der Waals surface area contributed by atoms with Gasteiger partial charge in [0.15, 0.2) is 0 Å². The molecule has 0 radical (unpaired) electrons. The summed E-state index contributed by atoms with van der Waals surface area (Å²) in [5.74, 6) is -1.46. The van der Waals surface area contributed by atoms with E-state index < -0.39 is 24.6 Å². The largest absolute Gasteiger partial charge is 0.481 e. The lowest BCUT2D eigenvalue weighted by atomic mass is 10.0. The molecule has 3 rings (SSSR count). The standard InChI is InChI=1S/C24H26FNO4/c1-15(2)26-21-10-6-4-8-19(21)24(18-7-3-5-9-20(18)25)22(26)12-11-16(27)13-17(28)14-23(29)30/h3-12,15-17,27-28H,13-14H2,1-2H3,(H,29,30). The van der Waals surface area contributed by atoms with Crippen molar-refractivity contribution in [2.45, 2.75) is 44.9 Å². The third-order valence-corrected chi connectivity index (χ3v) is 5.01. The van der Waals surface area contributed by atoms with E-state index in [1.54, 1.807) is 24.3 Å². The van der Waals surface area contributed by atoms with Crippen LogP contribution in [0.25, 0.3) is 28.1 Å². The van der Waals surface area contributed by atoms with Gasteiger partial charge in [0.05, 0.1) is 18.6 Å². The van der Waals surface area contributed by atoms with Gasteiger partial charge in [-0.2, -0.15) is 0 Å². The molecule has 158 valence electrons. The lowest BCUT2D eigenvalue weighted by molar-refractivity contribution is -0.139. The van der Waals surface area contributed by atoms with Gasteiger partial charge in [0.25, 0.3) is 0 Å². The Balaban J connectivity index is 2.11. The summed E-state index contributed by atoms with van der Waals surface area (Å²) in [5, 5.41) is 29.7. The first kappa shape index (κ1) is 21.7. The molecule has 0 amide bonds. The molecule has 2 aromatic carbocycles. The van der Waals surface area contributed by atoms with Crippen LogP contribution in [-0.4, -0.2) is 38.1 Å². The molecule has 0 spiro atoms. The molecule has 2 unspecified atom stereocenters. The second kappa shape index (κ2) is 9.24. The molecule has 6 heteroatoms. The maximum Gasteiger partial charge on any atom is 0.305 e. The van der Waals surface area contributed by atoms with Crippen LogP contribution in [-0.2, 0) is 4.79 Å². The van der Waals surface area contributed by atoms with Crippen molar-refractivity contribution < 1.29 is 24.5 Å². The zero-order chi connectivity index (χ0) is 21.8. The second-order valence-electron chi connectivity index (χ2n) is 7.63. The van der Waals surface area contributed by atoms with Gasteiger partial charge < -0.3 is 19.9 Å². The fraction of sp³-hybridized carbons (Fsp3) is 0.292. The number of aromatic nitrogens is 1. The normalized spacial score (nSPS) is 13.9. The Labute approximate surface area is 174 Å². The second-order valence-corrected chi connectivity index (χ2v) is 7.63. The van der Waals surface area contributed by atoms with Crippen LogP contribution in [0.4, 0.5) is 4.39 Å². The molecule has 0 bridgehead atoms. The lowest BCUT2D eigenvalue weighted by Crippen LogP contribution is -2.19. The number of carboxylic acid groups (broad SMARTS) is 1. The number of halogens is 1. The number of carbonyl (C=O) groups is 1. The first-order valence-corrected chi connectivity index (χ1v) is 9.93. The average Bonchev–Trinajstić information content (AvgIpc) is 3.00. The summed E-state index contributed by atoms with van der Waals surface area (Å²) in [6.45, 7) is 4.06. The maximum atomic E-state index is 14.7. The van der Waals surface area contributed by atoms with Gasteiger partial charge in [-0.15, -0.1) is 0 Å². The zero-order valence-corrected chi connectivity index (χ0v) is 17.0. The Morgan fingerprint density at radius 2 is 1.77 bits per heavy atom. The molecule has 30 heavy (non-hydrogen) atoms. The van der Waals surface area contributed by atoms with Crippen molar-refractivity contribution >= 4 is 22.9 Å². The van der Waals surface area contributed by atoms with Gasteiger partial charge in [0, 0.05) is 40.2 Å². The Hall–Kier alpha value is -2.96. The summed E-state index contributed by atoms with van der Waals surface area (Å²) in [5.41, 5.74) is 2.88. The molecular formula is C24H26FNO4. The number of carboxylic acids is 1. The zero-order valence-electron chi connectivity index (χ0n) is 17.0. The summed E-state index contributed by atoms with van der Waals surface area (Å²) >= 11 is 0. The van der Waals surface area contributed by atoms with E-state index in [4.69, 9.17) is 5.11 Å². The van der Waals surface area contributed by atoms with Gasteiger partial charge in [0.1, 0.15) is 5.82 Å². The van der Waals surface area contributed by atoms with E-state index in [0.717, 1.165) is 22.2 Å². The predicted octanol–water partition coefficient (Wildman–Crippen LogP) is 4.63. The third kappa shape index (κ3) is 4.61. The number of hydrogen-bond acceptors (Lipinski definition) is 3. The minimum Gasteiger partial charge on any atom is -0.481 e. The lowest BCUT2D eigenvalue weighted by Gasteiger charge is -2.15. The highest BCUT2D eigenvalue weighted by Crippen LogP contribution is 2.38. The van der Waals surface area contributed by atoms with E-state index in [9.17, 15) is 19.4 Å². The average molecular weight is 411 g/mol. The molecule has 0 aliphatic carbocycles. The summed E-state index contributed by atoms with van der Waals surface area (Å²) < 4.78 is 16.8. The van der Waals surface area contributed by atoms with Crippen molar-refractivity contribution in [1.29, 1.82) is 0 Å². The number of aliphatic hydroxyl groups excluding tert-OH is 2. The SMILES string of the molecule is CC(C)n1c(C=CC(O)CC(O)CC(=O)O)c(-c2ccccc2F)c2ccccc21. The molecule has 0 aliphatic heterocycles. The van der Waals surface area contributed by atoms with Crippen LogP contribution in [0.5, 0.6) is 0 Å². The predicted molar refractivity (Wildman–Crippen MR) is 116 cm³/mol. The van der Waals surface area contributed by atoms with E-state index in [1.807, 2.05) is 38.1 Å². The van der Waals surface area contributed by atoms with Crippen LogP contribution in [0.2, 0.25) is 0 Å². The maximum absolute atomic E-state index is 14.7. The topological polar surface area (TPSA) is 82.7 Å². The van der Waals surface area contributed by atoms with Gasteiger partial charge in [-0.05, 0) is 32.1 Å². The van der Waals surface area contributed by atoms with Crippen LogP contribution >= 0.6 is 0 Å². The Bertz CT molecular complexity index is 1070. The molecule has 5 nitrogen and oxygen atoms in total. The Morgan fingerprint density at radius 3 is 2.43 bits per heavy atom. The van der Waals surface area contributed by atoms with E-state index in [0.29, 0.717) is 5.56 Å². The first-order chi connectivity index (χ1) is 14.3. The smallest absolute Gasteiger partial charge is 0.305 e. The van der Waals surface area contributed by atoms with E-state index in [2.05, 4.69) is 4.57 Å². The van der Waals surface area contributed by atoms with Gasteiger partial charge in [-0.3, -0.25) is 4.79 Å². The van der Waals surface area contributed by atoms with Gasteiger partial charge >= 0.3 is 5.97 Å². The fourth-order valence-corrected chi connectivity index (χ4v) is 3.79. The Morgan fingerprint density at radius 1 is 1.10 bits per heavy atom. The molecular weight excluding hydrogens is 385 g/mol. The van der Waals surface area contributed by atoms with Crippen molar-refractivity contribution in [3.05, 3.63) is 66.1 Å². The molecule has 0 fully saturated rings. The molecule has 0 saturated carbocycles. The van der Waals surface area contributed by atoms with Crippen LogP contribution in [0.1, 0.15) is 38.4 Å². The molecule has 0 saturated heterocycles. The number of benzene rings is 2. The van der Waals surface area contributed by atoms with Crippen molar-refractivity contribution in [3.63, 3.8) is 0 Å². The van der Waals surface area contributed by atoms with Gasteiger partial charge in [-0.25, -0.2) is 4.39 Å². The summed E-state index contributed by atoms with van der Waals surface area (Å²) in [4.78, 5) is 10.7. The molecule has 3 aromatic rings. The van der Waals surface area contributed by atoms with Crippen LogP contribution in [0.3, 0.4) is 0 Å². The van der Waals surface area contributed by atoms with Crippen LogP contribution < -0.4 is 0 Å². The van der Waals surface area contributed by atoms with Crippen molar-refractivity contribution in [2.75, 3.05) is 0 Å². The first-order valence-electron chi connectivity index (χ1n) is 9.93. The number of fused-ring (bicyclic) bond motifs is 1. The summed E-state index contributed by atoms with van der Waals surface area (Å²) in [6.07, 6.45) is 0.524. The number of aliphatic carboxylic acids is 1. The molecule has 1 heterocycles. The minimum absolute atomic E-state index is 0.0739. The Kier molecular flexibility index (Phi) is 6.70. The summed E-state index contributed by atoms with van der Waals surface area (Å²) in [6, 6.07) is 14.4. The summed E-state index contributed by atoms with van der Waals surface area (Å²) in [7, 11) is 0. The van der Waals surface area contributed by atoms with Crippen LogP contribution in [0, 0.1) is 5.82 Å². The van der Waals surface area contributed by atoms with Gasteiger partial charge in [-0.1, -0.05) is 42.5 Å². The number of para-hydroxylation sites is 1. The van der Waals surface area contributed by atoms with Gasteiger partial charge in [0.2, 0.25) is 0 Å². The van der Waals surface area contributed by atoms with E-state index >= 15 is 0 Å². The number of nitrogens with zero attached hydrogens (tertiary/aromatic N) is 1. The molecule has 3 N–H and O–H groups in total. The van der Waals surface area contributed by atoms with Crippen molar-refractivity contribution in [2.24, 2.45) is 0 Å². The fourth-order valence-electron chi connectivity index (χ4n) is 3.79. The van der Waals surface area contributed by atoms with Crippen molar-refractivity contribution in [3.8, 4) is 11.1 Å². The highest BCUT2D eigenvalue weighted by Gasteiger charge is 2.21. The molecule has 1 aromatic heterocycles.